The van der Waals surface area contributed by atoms with Gasteiger partial charge in [0, 0.05) is 10.4 Å². The Balaban J connectivity index is 1.58. The monoisotopic (exact) mass is 426 g/mol. The lowest BCUT2D eigenvalue weighted by Crippen LogP contribution is -2.06. The molecule has 0 amide bonds. The van der Waals surface area contributed by atoms with Crippen molar-refractivity contribution in [1.29, 1.82) is 0 Å². The van der Waals surface area contributed by atoms with Crippen molar-refractivity contribution in [3.63, 3.8) is 0 Å². The summed E-state index contributed by atoms with van der Waals surface area (Å²) in [5.41, 5.74) is 1.44. The molecule has 0 atom stereocenters. The molecular formula is C22H19ClN2O3S. The summed E-state index contributed by atoms with van der Waals surface area (Å²) in [6, 6.07) is 19.3. The second kappa shape index (κ2) is 7.89. The standard InChI is InChI=1S/C22H19ClN2O3S/c1-15-5-8-18(28-15)13-24-22-12-11-20-16(3-2-4-21(20)25-22)14-29(26,27)19-9-6-17(23)7-10-19/h2-12H,13-14H2,1H3,(H,24,25). The first kappa shape index (κ1) is 19.5. The van der Waals surface area contributed by atoms with Crippen molar-refractivity contribution in [2.24, 2.45) is 0 Å². The molecule has 0 saturated heterocycles. The lowest BCUT2D eigenvalue weighted by atomic mass is 10.1. The Labute approximate surface area is 174 Å². The number of hydrogen-bond acceptors (Lipinski definition) is 5. The summed E-state index contributed by atoms with van der Waals surface area (Å²) in [4.78, 5) is 4.86. The average Bonchev–Trinajstić information content (AvgIpc) is 3.12. The van der Waals surface area contributed by atoms with E-state index in [1.54, 1.807) is 12.1 Å². The zero-order valence-corrected chi connectivity index (χ0v) is 17.3. The number of anilines is 1. The zero-order valence-electron chi connectivity index (χ0n) is 15.7. The number of pyridine rings is 1. The van der Waals surface area contributed by atoms with Crippen LogP contribution in [-0.4, -0.2) is 13.4 Å². The van der Waals surface area contributed by atoms with E-state index in [-0.39, 0.29) is 10.6 Å². The molecule has 4 aromatic rings. The molecule has 29 heavy (non-hydrogen) atoms. The summed E-state index contributed by atoms with van der Waals surface area (Å²) in [5, 5.41) is 4.54. The largest absolute Gasteiger partial charge is 0.465 e. The molecule has 5 nitrogen and oxygen atoms in total. The summed E-state index contributed by atoms with van der Waals surface area (Å²) in [6.45, 7) is 2.42. The van der Waals surface area contributed by atoms with Gasteiger partial charge in [-0.3, -0.25) is 0 Å². The van der Waals surface area contributed by atoms with Crippen molar-refractivity contribution in [2.45, 2.75) is 24.1 Å². The van der Waals surface area contributed by atoms with Gasteiger partial charge in [0.05, 0.1) is 22.7 Å². The van der Waals surface area contributed by atoms with Crippen LogP contribution < -0.4 is 5.32 Å². The van der Waals surface area contributed by atoms with Crippen LogP contribution in [0.15, 0.2) is 76.0 Å². The van der Waals surface area contributed by atoms with Crippen LogP contribution in [0.3, 0.4) is 0 Å². The normalized spacial score (nSPS) is 11.7. The highest BCUT2D eigenvalue weighted by molar-refractivity contribution is 7.90. The van der Waals surface area contributed by atoms with Crippen molar-refractivity contribution < 1.29 is 12.8 Å². The fraction of sp³-hybridized carbons (Fsp3) is 0.136. The minimum atomic E-state index is -3.49. The second-order valence-electron chi connectivity index (χ2n) is 6.76. The van der Waals surface area contributed by atoms with Gasteiger partial charge < -0.3 is 9.73 Å². The number of sulfone groups is 1. The maximum atomic E-state index is 12.8. The quantitative estimate of drug-likeness (QED) is 0.448. The number of nitrogens with one attached hydrogen (secondary N) is 1. The summed E-state index contributed by atoms with van der Waals surface area (Å²) in [5.74, 6) is 2.28. The number of halogens is 1. The molecule has 0 saturated carbocycles. The first-order valence-electron chi connectivity index (χ1n) is 9.07. The van der Waals surface area contributed by atoms with E-state index in [4.69, 9.17) is 16.0 Å². The molecule has 2 aromatic carbocycles. The van der Waals surface area contributed by atoms with Crippen molar-refractivity contribution in [3.8, 4) is 0 Å². The highest BCUT2D eigenvalue weighted by Gasteiger charge is 2.17. The lowest BCUT2D eigenvalue weighted by Gasteiger charge is -2.10. The lowest BCUT2D eigenvalue weighted by molar-refractivity contribution is 0.490. The number of furan rings is 1. The molecule has 0 aliphatic carbocycles. The Morgan fingerprint density at radius 2 is 1.79 bits per heavy atom. The van der Waals surface area contributed by atoms with Crippen molar-refractivity contribution in [2.75, 3.05) is 5.32 Å². The molecule has 2 heterocycles. The molecule has 4 rings (SSSR count). The van der Waals surface area contributed by atoms with Crippen LogP contribution in [0, 0.1) is 6.92 Å². The van der Waals surface area contributed by atoms with Gasteiger partial charge in [0.1, 0.15) is 17.3 Å². The van der Waals surface area contributed by atoms with E-state index >= 15 is 0 Å². The number of benzene rings is 2. The van der Waals surface area contributed by atoms with Gasteiger partial charge in [-0.15, -0.1) is 0 Å². The molecular weight excluding hydrogens is 408 g/mol. The summed E-state index contributed by atoms with van der Waals surface area (Å²) < 4.78 is 31.1. The Bertz CT molecular complexity index is 1260. The van der Waals surface area contributed by atoms with E-state index in [1.807, 2.05) is 49.4 Å². The van der Waals surface area contributed by atoms with E-state index in [1.165, 1.54) is 12.1 Å². The number of aromatic nitrogens is 1. The minimum absolute atomic E-state index is 0.105. The third-order valence-corrected chi connectivity index (χ3v) is 6.51. The first-order valence-corrected chi connectivity index (χ1v) is 11.1. The summed E-state index contributed by atoms with van der Waals surface area (Å²) in [6.07, 6.45) is 0. The third kappa shape index (κ3) is 4.44. The van der Waals surface area contributed by atoms with Gasteiger partial charge in [-0.1, -0.05) is 23.7 Å². The minimum Gasteiger partial charge on any atom is -0.465 e. The smallest absolute Gasteiger partial charge is 0.182 e. The SMILES string of the molecule is Cc1ccc(CNc2ccc3c(CS(=O)(=O)c4ccc(Cl)cc4)cccc3n2)o1. The summed E-state index contributed by atoms with van der Waals surface area (Å²) in [7, 11) is -3.49. The fourth-order valence-corrected chi connectivity index (χ4v) is 4.64. The Morgan fingerprint density at radius 1 is 1.00 bits per heavy atom. The molecule has 148 valence electrons. The van der Waals surface area contributed by atoms with Crippen molar-refractivity contribution in [3.05, 3.63) is 88.8 Å². The van der Waals surface area contributed by atoms with Gasteiger partial charge in [0.2, 0.25) is 0 Å². The van der Waals surface area contributed by atoms with E-state index in [0.29, 0.717) is 22.9 Å². The first-order chi connectivity index (χ1) is 13.9. The number of fused-ring (bicyclic) bond motifs is 1. The van der Waals surface area contributed by atoms with Gasteiger partial charge in [-0.05, 0) is 67.1 Å². The highest BCUT2D eigenvalue weighted by atomic mass is 35.5. The molecule has 0 radical (unpaired) electrons. The molecule has 1 N–H and O–H groups in total. The second-order valence-corrected chi connectivity index (χ2v) is 9.19. The van der Waals surface area contributed by atoms with Crippen LogP contribution in [-0.2, 0) is 22.1 Å². The highest BCUT2D eigenvalue weighted by Crippen LogP contribution is 2.25. The van der Waals surface area contributed by atoms with Crippen LogP contribution in [0.2, 0.25) is 5.02 Å². The van der Waals surface area contributed by atoms with E-state index in [0.717, 1.165) is 22.4 Å². The van der Waals surface area contributed by atoms with Gasteiger partial charge in [0.25, 0.3) is 0 Å². The predicted octanol–water partition coefficient (Wildman–Crippen LogP) is 5.38. The Hall–Kier alpha value is -2.83. The molecule has 0 fully saturated rings. The van der Waals surface area contributed by atoms with Crippen LogP contribution in [0.5, 0.6) is 0 Å². The molecule has 2 aromatic heterocycles. The van der Waals surface area contributed by atoms with Gasteiger partial charge in [-0.25, -0.2) is 13.4 Å². The number of aryl methyl sites for hydroxylation is 1. The fourth-order valence-electron chi connectivity index (χ4n) is 3.13. The molecule has 0 aliphatic heterocycles. The van der Waals surface area contributed by atoms with Gasteiger partial charge in [-0.2, -0.15) is 0 Å². The maximum absolute atomic E-state index is 12.8. The molecule has 0 unspecified atom stereocenters. The number of rotatable bonds is 6. The molecule has 7 heteroatoms. The van der Waals surface area contributed by atoms with Crippen LogP contribution in [0.25, 0.3) is 10.9 Å². The average molecular weight is 427 g/mol. The Kier molecular flexibility index (Phi) is 5.30. The maximum Gasteiger partial charge on any atom is 0.182 e. The Morgan fingerprint density at radius 3 is 2.52 bits per heavy atom. The topological polar surface area (TPSA) is 72.2 Å². The van der Waals surface area contributed by atoms with Gasteiger partial charge >= 0.3 is 0 Å². The molecule has 0 bridgehead atoms. The van der Waals surface area contributed by atoms with Crippen LogP contribution >= 0.6 is 11.6 Å². The van der Waals surface area contributed by atoms with E-state index in [9.17, 15) is 8.42 Å². The van der Waals surface area contributed by atoms with Crippen molar-refractivity contribution >= 4 is 38.2 Å². The van der Waals surface area contributed by atoms with E-state index < -0.39 is 9.84 Å². The molecule has 0 aliphatic rings. The summed E-state index contributed by atoms with van der Waals surface area (Å²) >= 11 is 5.87. The van der Waals surface area contributed by atoms with Crippen LogP contribution in [0.4, 0.5) is 5.82 Å². The third-order valence-electron chi connectivity index (χ3n) is 4.58. The predicted molar refractivity (Wildman–Crippen MR) is 115 cm³/mol. The van der Waals surface area contributed by atoms with E-state index in [2.05, 4.69) is 10.3 Å². The zero-order chi connectivity index (χ0) is 20.4. The number of hydrogen-bond donors (Lipinski definition) is 1. The number of nitrogens with zero attached hydrogens (tertiary/aromatic N) is 1. The van der Waals surface area contributed by atoms with Crippen molar-refractivity contribution in [1.82, 2.24) is 4.98 Å². The molecule has 0 spiro atoms. The van der Waals surface area contributed by atoms with Crippen LogP contribution in [0.1, 0.15) is 17.1 Å². The van der Waals surface area contributed by atoms with Gasteiger partial charge in [0.15, 0.2) is 9.84 Å².